The molecule has 6 nitrogen and oxygen atoms in total. The number of hydrogen-bond acceptors (Lipinski definition) is 4. The maximum Gasteiger partial charge on any atom is 0.440 e. The van der Waals surface area contributed by atoms with Crippen LogP contribution in [0.1, 0.15) is 39.5 Å². The lowest BCUT2D eigenvalue weighted by molar-refractivity contribution is 0.203. The van der Waals surface area contributed by atoms with Crippen LogP contribution in [0.5, 0.6) is 0 Å². The van der Waals surface area contributed by atoms with Gasteiger partial charge in [-0.15, -0.1) is 0 Å². The molecule has 8 heteroatoms. The molecule has 0 bridgehead atoms. The lowest BCUT2D eigenvalue weighted by Crippen LogP contribution is -2.00. The molecular formula is C8H20O6P2. The van der Waals surface area contributed by atoms with Gasteiger partial charge in [-0.3, -0.25) is 0 Å². The van der Waals surface area contributed by atoms with Gasteiger partial charge in [-0.05, 0) is 12.8 Å². The average molecular weight is 274 g/mol. The maximum atomic E-state index is 11.8. The highest BCUT2D eigenvalue weighted by atomic mass is 32.1. The van der Waals surface area contributed by atoms with Crippen molar-refractivity contribution in [1.29, 1.82) is 0 Å². The van der Waals surface area contributed by atoms with E-state index in [1.807, 2.05) is 13.8 Å². The minimum absolute atomic E-state index is 0.0328. The molecule has 0 saturated heterocycles. The quantitative estimate of drug-likeness (QED) is 0.496. The van der Waals surface area contributed by atoms with Gasteiger partial charge in [0.2, 0.25) is 0 Å². The van der Waals surface area contributed by atoms with Crippen molar-refractivity contribution in [3.8, 4) is 0 Å². The second kappa shape index (κ2) is 7.59. The molecule has 0 atom stereocenters. The molecule has 98 valence electrons. The molecule has 2 N–H and O–H groups in total. The van der Waals surface area contributed by atoms with Crippen molar-refractivity contribution in [2.75, 3.05) is 13.2 Å². The van der Waals surface area contributed by atoms with Crippen LogP contribution in [-0.2, 0) is 18.2 Å². The molecule has 0 aromatic rings. The Bertz CT molecular complexity index is 260. The molecule has 16 heavy (non-hydrogen) atoms. The first-order chi connectivity index (χ1) is 7.37. The van der Waals surface area contributed by atoms with E-state index in [-0.39, 0.29) is 13.2 Å². The van der Waals surface area contributed by atoms with Crippen LogP contribution in [0.25, 0.3) is 0 Å². The van der Waals surface area contributed by atoms with Crippen molar-refractivity contribution >= 4 is 14.6 Å². The average Bonchev–Trinajstić information content (AvgIpc) is 2.17. The van der Waals surface area contributed by atoms with E-state index < -0.39 is 14.6 Å². The zero-order chi connectivity index (χ0) is 12.7. The maximum absolute atomic E-state index is 11.8. The van der Waals surface area contributed by atoms with Crippen LogP contribution < -0.4 is 0 Å². The van der Waals surface area contributed by atoms with Gasteiger partial charge in [0.05, 0.1) is 13.2 Å². The smallest absolute Gasteiger partial charge is 0.316 e. The van der Waals surface area contributed by atoms with E-state index >= 15 is 0 Å². The molecule has 0 aromatic carbocycles. The lowest BCUT2D eigenvalue weighted by atomic mass is 10.4. The number of unbranched alkanes of at least 4 members (excludes halogenated alkanes) is 2. The third-order valence-electron chi connectivity index (χ3n) is 1.82. The summed E-state index contributed by atoms with van der Waals surface area (Å²) in [5.41, 5.74) is 0. The molecule has 0 aromatic heterocycles. The normalized spacial score (nSPS) is 13.0. The van der Waals surface area contributed by atoms with Crippen LogP contribution in [0.15, 0.2) is 0 Å². The van der Waals surface area contributed by atoms with Gasteiger partial charge >= 0.3 is 14.6 Å². The predicted octanol–water partition coefficient (Wildman–Crippen LogP) is 2.91. The summed E-state index contributed by atoms with van der Waals surface area (Å²) in [6.45, 7) is 3.85. The topological polar surface area (TPSA) is 93.1 Å². The van der Waals surface area contributed by atoms with Crippen molar-refractivity contribution in [3.63, 3.8) is 0 Å². The Balaban J connectivity index is 4.39. The Morgan fingerprint density at radius 1 is 0.938 bits per heavy atom. The van der Waals surface area contributed by atoms with Gasteiger partial charge in [0.25, 0.3) is 0 Å². The van der Waals surface area contributed by atoms with E-state index in [9.17, 15) is 9.13 Å². The lowest BCUT2D eigenvalue weighted by Gasteiger charge is -2.18. The Morgan fingerprint density at radius 2 is 1.31 bits per heavy atom. The second-order valence-corrected chi connectivity index (χ2v) is 8.87. The SMILES string of the molecule is CCCCOP(=O)(OCCCC)P(=O)(O)O. The summed E-state index contributed by atoms with van der Waals surface area (Å²) < 4.78 is 32.3. The summed E-state index contributed by atoms with van der Waals surface area (Å²) >= 11 is 0. The van der Waals surface area contributed by atoms with Gasteiger partial charge in [-0.25, -0.2) is 9.13 Å². The molecule has 0 fully saturated rings. The Kier molecular flexibility index (Phi) is 7.73. The van der Waals surface area contributed by atoms with E-state index in [0.29, 0.717) is 12.8 Å². The van der Waals surface area contributed by atoms with Crippen molar-refractivity contribution in [2.24, 2.45) is 0 Å². The van der Waals surface area contributed by atoms with Gasteiger partial charge in [0, 0.05) is 0 Å². The van der Waals surface area contributed by atoms with Crippen LogP contribution in [0.4, 0.5) is 0 Å². The van der Waals surface area contributed by atoms with Gasteiger partial charge in [0.1, 0.15) is 0 Å². The summed E-state index contributed by atoms with van der Waals surface area (Å²) in [5.74, 6) is 0. The zero-order valence-electron chi connectivity index (χ0n) is 9.66. The molecule has 0 rings (SSSR count). The number of hydrogen-bond donors (Lipinski definition) is 2. The molecule has 0 unspecified atom stereocenters. The molecule has 0 aliphatic heterocycles. The molecule has 0 spiro atoms. The van der Waals surface area contributed by atoms with E-state index in [0.717, 1.165) is 12.8 Å². The molecule has 0 saturated carbocycles. The Labute approximate surface area is 95.9 Å². The third kappa shape index (κ3) is 5.58. The molecule has 0 radical (unpaired) electrons. The van der Waals surface area contributed by atoms with Crippen molar-refractivity contribution < 1.29 is 28.0 Å². The van der Waals surface area contributed by atoms with Crippen LogP contribution >= 0.6 is 14.6 Å². The first-order valence-corrected chi connectivity index (χ1v) is 9.18. The third-order valence-corrected chi connectivity index (χ3v) is 6.09. The predicted molar refractivity (Wildman–Crippen MR) is 61.4 cm³/mol. The van der Waals surface area contributed by atoms with Crippen LogP contribution in [0, 0.1) is 0 Å². The highest BCUT2D eigenvalue weighted by Crippen LogP contribution is 2.78. The summed E-state index contributed by atoms with van der Waals surface area (Å²) in [7, 11) is -9.15. The van der Waals surface area contributed by atoms with Crippen LogP contribution in [-0.4, -0.2) is 23.0 Å². The summed E-state index contributed by atoms with van der Waals surface area (Å²) in [5, 5.41) is 0. The minimum atomic E-state index is -4.86. The second-order valence-electron chi connectivity index (χ2n) is 3.36. The van der Waals surface area contributed by atoms with E-state index in [2.05, 4.69) is 0 Å². The molecular weight excluding hydrogens is 254 g/mol. The van der Waals surface area contributed by atoms with Crippen LogP contribution in [0.2, 0.25) is 0 Å². The fraction of sp³-hybridized carbons (Fsp3) is 1.00. The van der Waals surface area contributed by atoms with Crippen molar-refractivity contribution in [2.45, 2.75) is 39.5 Å². The van der Waals surface area contributed by atoms with E-state index in [1.54, 1.807) is 0 Å². The zero-order valence-corrected chi connectivity index (χ0v) is 11.5. The van der Waals surface area contributed by atoms with Gasteiger partial charge in [-0.1, -0.05) is 26.7 Å². The van der Waals surface area contributed by atoms with Crippen LogP contribution in [0.3, 0.4) is 0 Å². The van der Waals surface area contributed by atoms with Crippen molar-refractivity contribution in [1.82, 2.24) is 0 Å². The first-order valence-electron chi connectivity index (χ1n) is 5.32. The molecule has 0 heterocycles. The molecule has 0 aliphatic rings. The standard InChI is InChI=1S/C8H20O6P2/c1-3-5-7-13-16(12,15(9,10)11)14-8-6-4-2/h3-8H2,1-2H3,(H2,9,10,11). The highest BCUT2D eigenvalue weighted by molar-refractivity contribution is 8.26. The van der Waals surface area contributed by atoms with Gasteiger partial charge < -0.3 is 18.8 Å². The number of rotatable bonds is 9. The minimum Gasteiger partial charge on any atom is -0.316 e. The van der Waals surface area contributed by atoms with E-state index in [4.69, 9.17) is 18.8 Å². The van der Waals surface area contributed by atoms with Crippen molar-refractivity contribution in [3.05, 3.63) is 0 Å². The van der Waals surface area contributed by atoms with E-state index in [1.165, 1.54) is 0 Å². The summed E-state index contributed by atoms with van der Waals surface area (Å²) in [4.78, 5) is 17.9. The van der Waals surface area contributed by atoms with Gasteiger partial charge in [-0.2, -0.15) is 0 Å². The summed E-state index contributed by atoms with van der Waals surface area (Å²) in [6.07, 6.45) is 2.74. The fourth-order valence-corrected chi connectivity index (χ4v) is 3.32. The molecule has 0 amide bonds. The largest absolute Gasteiger partial charge is 0.440 e. The fourth-order valence-electron chi connectivity index (χ4n) is 0.836. The monoisotopic (exact) mass is 274 g/mol. The highest BCUT2D eigenvalue weighted by Gasteiger charge is 2.45. The molecule has 0 aliphatic carbocycles. The Morgan fingerprint density at radius 3 is 1.56 bits per heavy atom. The Hall–Kier alpha value is 0.300. The van der Waals surface area contributed by atoms with Gasteiger partial charge in [0.15, 0.2) is 0 Å². The first kappa shape index (κ1) is 16.3. The summed E-state index contributed by atoms with van der Waals surface area (Å²) in [6, 6.07) is 0.